The van der Waals surface area contributed by atoms with Gasteiger partial charge < -0.3 is 10.2 Å². The van der Waals surface area contributed by atoms with Gasteiger partial charge in [-0.3, -0.25) is 0 Å². The molecule has 3 aliphatic rings. The molecule has 3 atom stereocenters. The number of fused-ring (bicyclic) bond motifs is 2. The first-order valence-corrected chi connectivity index (χ1v) is 11.1. The van der Waals surface area contributed by atoms with E-state index in [0.717, 1.165) is 16.9 Å². The molecule has 1 heterocycles. The molecule has 1 saturated heterocycles. The Morgan fingerprint density at radius 2 is 1.77 bits per heavy atom. The zero-order valence-electron chi connectivity index (χ0n) is 14.6. The first-order valence-electron chi connectivity index (χ1n) is 9.24. The maximum absolute atomic E-state index is 13.0. The number of sulfonamides is 1. The molecule has 3 fully saturated rings. The number of rotatable bonds is 3. The van der Waals surface area contributed by atoms with Crippen LogP contribution in [0.3, 0.4) is 0 Å². The lowest BCUT2D eigenvalue weighted by Crippen LogP contribution is -2.54. The molecule has 0 aromatic heterocycles. The summed E-state index contributed by atoms with van der Waals surface area (Å²) in [5.74, 6) is 1.17. The number of hydrogen-bond acceptors (Lipinski definition) is 3. The zero-order chi connectivity index (χ0) is 18.3. The molecule has 1 aromatic rings. The Bertz CT molecular complexity index is 776. The molecular weight excluding hydrogens is 373 g/mol. The van der Waals surface area contributed by atoms with E-state index in [1.807, 2.05) is 0 Å². The topological polar surface area (TPSA) is 52.7 Å². The van der Waals surface area contributed by atoms with Crippen LogP contribution in [-0.4, -0.2) is 55.0 Å². The SMILES string of the molecule is O=S(=O)(c1ccc(F)cc1)N1CCN(C(=S)N[C@@H]2C[C@@H]3CC[C@@H]2C3)CC1. The molecule has 0 amide bonds. The van der Waals surface area contributed by atoms with Gasteiger partial charge in [0, 0.05) is 32.2 Å². The molecule has 142 valence electrons. The number of nitrogens with zero attached hydrogens (tertiary/aromatic N) is 2. The van der Waals surface area contributed by atoms with Crippen LogP contribution in [0, 0.1) is 17.7 Å². The average Bonchev–Trinajstić information content (AvgIpc) is 3.25. The van der Waals surface area contributed by atoms with Gasteiger partial charge >= 0.3 is 0 Å². The highest BCUT2D eigenvalue weighted by molar-refractivity contribution is 7.89. The Morgan fingerprint density at radius 3 is 2.35 bits per heavy atom. The van der Waals surface area contributed by atoms with Crippen molar-refractivity contribution in [3.05, 3.63) is 30.1 Å². The van der Waals surface area contributed by atoms with Crippen LogP contribution in [0.1, 0.15) is 25.7 Å². The summed E-state index contributed by atoms with van der Waals surface area (Å²) in [5.41, 5.74) is 0. The van der Waals surface area contributed by atoms with Crippen molar-refractivity contribution in [3.8, 4) is 0 Å². The molecule has 8 heteroatoms. The van der Waals surface area contributed by atoms with Crippen LogP contribution in [0.5, 0.6) is 0 Å². The standard InChI is InChI=1S/C18H24FN3O2S2/c19-15-3-5-16(6-4-15)26(23,24)22-9-7-21(8-10-22)18(25)20-17-12-13-1-2-14(17)11-13/h3-6,13-14,17H,1-2,7-12H2,(H,20,25)/t13-,14-,17-/m1/s1. The molecule has 0 unspecified atom stereocenters. The van der Waals surface area contributed by atoms with Crippen molar-refractivity contribution < 1.29 is 12.8 Å². The molecule has 2 saturated carbocycles. The van der Waals surface area contributed by atoms with Crippen LogP contribution < -0.4 is 5.32 Å². The molecular formula is C18H24FN3O2S2. The lowest BCUT2D eigenvalue weighted by molar-refractivity contribution is 0.258. The van der Waals surface area contributed by atoms with Gasteiger partial charge in [-0.15, -0.1) is 0 Å². The minimum atomic E-state index is -3.58. The third kappa shape index (κ3) is 3.46. The second-order valence-corrected chi connectivity index (χ2v) is 9.90. The van der Waals surface area contributed by atoms with Crippen molar-refractivity contribution in [2.75, 3.05) is 26.2 Å². The maximum Gasteiger partial charge on any atom is 0.243 e. The summed E-state index contributed by atoms with van der Waals surface area (Å²) in [6, 6.07) is 5.48. The van der Waals surface area contributed by atoms with Crippen LogP contribution in [-0.2, 0) is 10.0 Å². The van der Waals surface area contributed by atoms with Crippen LogP contribution in [0.15, 0.2) is 29.2 Å². The van der Waals surface area contributed by atoms with E-state index < -0.39 is 15.8 Å². The van der Waals surface area contributed by atoms with E-state index in [1.54, 1.807) is 0 Å². The predicted molar refractivity (Wildman–Crippen MR) is 102 cm³/mol. The lowest BCUT2D eigenvalue weighted by Gasteiger charge is -2.37. The molecule has 1 N–H and O–H groups in total. The minimum Gasteiger partial charge on any atom is -0.360 e. The summed E-state index contributed by atoms with van der Waals surface area (Å²) in [7, 11) is -3.58. The Kier molecular flexibility index (Phi) is 4.92. The highest BCUT2D eigenvalue weighted by Gasteiger charge is 2.40. The second kappa shape index (κ2) is 7.05. The Labute approximate surface area is 159 Å². The fraction of sp³-hybridized carbons (Fsp3) is 0.611. The summed E-state index contributed by atoms with van der Waals surface area (Å²) in [5, 5.41) is 4.27. The van der Waals surface area contributed by atoms with E-state index in [4.69, 9.17) is 12.2 Å². The summed E-state index contributed by atoms with van der Waals surface area (Å²) in [6.07, 6.45) is 5.19. The zero-order valence-corrected chi connectivity index (χ0v) is 16.2. The lowest BCUT2D eigenvalue weighted by atomic mass is 9.95. The third-order valence-electron chi connectivity index (χ3n) is 6.02. The largest absolute Gasteiger partial charge is 0.360 e. The monoisotopic (exact) mass is 397 g/mol. The Hall–Kier alpha value is -1.25. The van der Waals surface area contributed by atoms with Crippen LogP contribution in [0.4, 0.5) is 4.39 Å². The second-order valence-electron chi connectivity index (χ2n) is 7.58. The molecule has 4 rings (SSSR count). The van der Waals surface area contributed by atoms with Gasteiger partial charge in [0.1, 0.15) is 5.82 Å². The van der Waals surface area contributed by atoms with Crippen molar-refractivity contribution in [3.63, 3.8) is 0 Å². The van der Waals surface area contributed by atoms with Gasteiger partial charge in [0.25, 0.3) is 0 Å². The highest BCUT2D eigenvalue weighted by atomic mass is 32.2. The molecule has 0 radical (unpaired) electrons. The van der Waals surface area contributed by atoms with Crippen LogP contribution >= 0.6 is 12.2 Å². The molecule has 1 aliphatic heterocycles. The van der Waals surface area contributed by atoms with Crippen molar-refractivity contribution >= 4 is 27.4 Å². The molecule has 0 spiro atoms. The maximum atomic E-state index is 13.0. The Balaban J connectivity index is 1.33. The number of nitrogens with one attached hydrogen (secondary N) is 1. The first kappa shape index (κ1) is 18.1. The van der Waals surface area contributed by atoms with Crippen molar-refractivity contribution in [2.45, 2.75) is 36.6 Å². The van der Waals surface area contributed by atoms with E-state index in [9.17, 15) is 12.8 Å². The quantitative estimate of drug-likeness (QED) is 0.793. The number of benzene rings is 1. The number of hydrogen-bond donors (Lipinski definition) is 1. The van der Waals surface area contributed by atoms with E-state index in [0.29, 0.717) is 32.2 Å². The normalized spacial score (nSPS) is 29.1. The highest BCUT2D eigenvalue weighted by Crippen LogP contribution is 2.44. The third-order valence-corrected chi connectivity index (χ3v) is 8.31. The van der Waals surface area contributed by atoms with Crippen LogP contribution in [0.25, 0.3) is 0 Å². The molecule has 5 nitrogen and oxygen atoms in total. The van der Waals surface area contributed by atoms with Gasteiger partial charge in [0.2, 0.25) is 10.0 Å². The Morgan fingerprint density at radius 1 is 1.08 bits per heavy atom. The molecule has 26 heavy (non-hydrogen) atoms. The molecule has 2 bridgehead atoms. The van der Waals surface area contributed by atoms with E-state index >= 15 is 0 Å². The van der Waals surface area contributed by atoms with Crippen molar-refractivity contribution in [1.82, 2.24) is 14.5 Å². The summed E-state index contributed by atoms with van der Waals surface area (Å²) >= 11 is 5.57. The van der Waals surface area contributed by atoms with Crippen molar-refractivity contribution in [1.29, 1.82) is 0 Å². The van der Waals surface area contributed by atoms with Gasteiger partial charge in [-0.25, -0.2) is 12.8 Å². The smallest absolute Gasteiger partial charge is 0.243 e. The summed E-state index contributed by atoms with van der Waals surface area (Å²) in [4.78, 5) is 2.20. The number of thiocarbonyl (C=S) groups is 1. The van der Waals surface area contributed by atoms with Gasteiger partial charge in [0.15, 0.2) is 5.11 Å². The van der Waals surface area contributed by atoms with Crippen LogP contribution in [0.2, 0.25) is 0 Å². The van der Waals surface area contributed by atoms with E-state index in [1.165, 1.54) is 54.3 Å². The fourth-order valence-corrected chi connectivity index (χ4v) is 6.31. The van der Waals surface area contributed by atoms with E-state index in [2.05, 4.69) is 10.2 Å². The number of halogens is 1. The first-order chi connectivity index (χ1) is 12.4. The molecule has 1 aromatic carbocycles. The fourth-order valence-electron chi connectivity index (χ4n) is 4.56. The average molecular weight is 398 g/mol. The minimum absolute atomic E-state index is 0.134. The van der Waals surface area contributed by atoms with Gasteiger partial charge in [-0.1, -0.05) is 6.42 Å². The molecule has 2 aliphatic carbocycles. The van der Waals surface area contributed by atoms with Gasteiger partial charge in [0.05, 0.1) is 4.90 Å². The number of piperazine rings is 1. The van der Waals surface area contributed by atoms with E-state index in [-0.39, 0.29) is 4.90 Å². The summed E-state index contributed by atoms with van der Waals surface area (Å²) in [6.45, 7) is 1.93. The summed E-state index contributed by atoms with van der Waals surface area (Å²) < 4.78 is 39.9. The van der Waals surface area contributed by atoms with Gasteiger partial charge in [-0.2, -0.15) is 4.31 Å². The predicted octanol–water partition coefficient (Wildman–Crippen LogP) is 2.20. The van der Waals surface area contributed by atoms with Crippen molar-refractivity contribution in [2.24, 2.45) is 11.8 Å². The van der Waals surface area contributed by atoms with Gasteiger partial charge in [-0.05, 0) is 67.6 Å².